The molecular formula is C14H21N3O6. The number of aliphatic hydroxyl groups is 1. The molecule has 9 nitrogen and oxygen atoms in total. The summed E-state index contributed by atoms with van der Waals surface area (Å²) < 4.78 is 0. The van der Waals surface area contributed by atoms with Crippen LogP contribution in [0.5, 0.6) is 0 Å². The van der Waals surface area contributed by atoms with Crippen molar-refractivity contribution in [2.45, 2.75) is 50.2 Å². The van der Waals surface area contributed by atoms with Crippen LogP contribution in [0.4, 0.5) is 4.79 Å². The first-order valence-electron chi connectivity index (χ1n) is 7.54. The van der Waals surface area contributed by atoms with E-state index < -0.39 is 48.0 Å². The summed E-state index contributed by atoms with van der Waals surface area (Å²) in [5.74, 6) is -2.60. The van der Waals surface area contributed by atoms with E-state index in [-0.39, 0.29) is 0 Å². The summed E-state index contributed by atoms with van der Waals surface area (Å²) in [5, 5.41) is 23.2. The van der Waals surface area contributed by atoms with E-state index in [0.717, 1.165) is 31.1 Å². The first kappa shape index (κ1) is 17.2. The highest BCUT2D eigenvalue weighted by Crippen LogP contribution is 2.33. The first-order valence-corrected chi connectivity index (χ1v) is 7.54. The Morgan fingerprint density at radius 2 is 1.91 bits per heavy atom. The molecule has 2 fully saturated rings. The molecule has 0 aromatic heterocycles. The number of amides is 4. The molecule has 23 heavy (non-hydrogen) atoms. The molecule has 1 aliphatic carbocycles. The van der Waals surface area contributed by atoms with Crippen molar-refractivity contribution in [2.75, 3.05) is 13.1 Å². The highest BCUT2D eigenvalue weighted by atomic mass is 16.4. The third kappa shape index (κ3) is 3.44. The van der Waals surface area contributed by atoms with Crippen LogP contribution in [0.25, 0.3) is 0 Å². The van der Waals surface area contributed by atoms with Crippen LogP contribution in [0, 0.1) is 0 Å². The fraction of sp³-hybridized carbons (Fsp3) is 0.714. The Morgan fingerprint density at radius 1 is 1.30 bits per heavy atom. The van der Waals surface area contributed by atoms with Crippen LogP contribution in [0.1, 0.15) is 39.0 Å². The van der Waals surface area contributed by atoms with Gasteiger partial charge < -0.3 is 20.8 Å². The summed E-state index contributed by atoms with van der Waals surface area (Å²) in [6, 6.07) is -0.614. The molecule has 1 atom stereocenters. The number of nitrogens with one attached hydrogen (secondary N) is 2. The van der Waals surface area contributed by atoms with Crippen LogP contribution in [0.2, 0.25) is 0 Å². The summed E-state index contributed by atoms with van der Waals surface area (Å²) in [6.07, 6.45) is 3.81. The molecular weight excluding hydrogens is 306 g/mol. The average molecular weight is 327 g/mol. The van der Waals surface area contributed by atoms with Gasteiger partial charge in [-0.3, -0.25) is 14.5 Å². The molecule has 4 N–H and O–H groups in total. The Bertz CT molecular complexity index is 539. The zero-order valence-corrected chi connectivity index (χ0v) is 12.9. The number of carboxylic acid groups (broad SMARTS) is 1. The van der Waals surface area contributed by atoms with E-state index >= 15 is 0 Å². The van der Waals surface area contributed by atoms with Gasteiger partial charge in [0.1, 0.15) is 12.1 Å². The number of carbonyl (C=O) groups is 4. The smallest absolute Gasteiger partial charge is 0.337 e. The minimum absolute atomic E-state index is 0.414. The van der Waals surface area contributed by atoms with Crippen molar-refractivity contribution in [3.63, 3.8) is 0 Å². The molecule has 1 spiro atoms. The second-order valence-electron chi connectivity index (χ2n) is 6.32. The number of imide groups is 1. The molecule has 9 heteroatoms. The second kappa shape index (κ2) is 6.15. The van der Waals surface area contributed by atoms with Gasteiger partial charge in [0.2, 0.25) is 5.91 Å². The molecule has 4 amide bonds. The van der Waals surface area contributed by atoms with Gasteiger partial charge in [-0.2, -0.15) is 0 Å². The number of carbonyl (C=O) groups excluding carboxylic acids is 3. The van der Waals surface area contributed by atoms with Crippen molar-refractivity contribution in [1.29, 1.82) is 0 Å². The van der Waals surface area contributed by atoms with Crippen LogP contribution in [0.15, 0.2) is 0 Å². The molecule has 2 rings (SSSR count). The van der Waals surface area contributed by atoms with Gasteiger partial charge in [0.15, 0.2) is 5.60 Å². The molecule has 1 saturated carbocycles. The van der Waals surface area contributed by atoms with Crippen LogP contribution in [0.3, 0.4) is 0 Å². The Labute approximate surface area is 133 Å². The van der Waals surface area contributed by atoms with Gasteiger partial charge in [0.05, 0.1) is 6.54 Å². The normalized spacial score (nSPS) is 22.6. The zero-order valence-electron chi connectivity index (χ0n) is 12.9. The largest absolute Gasteiger partial charge is 0.479 e. The molecule has 0 radical (unpaired) electrons. The lowest BCUT2D eigenvalue weighted by atomic mass is 9.82. The minimum Gasteiger partial charge on any atom is -0.479 e. The fourth-order valence-electron chi connectivity index (χ4n) is 2.86. The summed E-state index contributed by atoms with van der Waals surface area (Å²) in [4.78, 5) is 47.9. The SMILES string of the molecule is CC(O)(CNC(=O)CN1C(=O)NC2(CCCCC2)C1=O)C(=O)O. The maximum absolute atomic E-state index is 12.5. The van der Waals surface area contributed by atoms with Crippen LogP contribution in [-0.4, -0.2) is 63.2 Å². The van der Waals surface area contributed by atoms with Crippen molar-refractivity contribution < 1.29 is 29.4 Å². The van der Waals surface area contributed by atoms with E-state index in [0.29, 0.717) is 12.8 Å². The molecule has 128 valence electrons. The van der Waals surface area contributed by atoms with E-state index in [4.69, 9.17) is 5.11 Å². The second-order valence-corrected chi connectivity index (χ2v) is 6.32. The van der Waals surface area contributed by atoms with Crippen molar-refractivity contribution in [1.82, 2.24) is 15.5 Å². The lowest BCUT2D eigenvalue weighted by molar-refractivity contribution is -0.156. The van der Waals surface area contributed by atoms with Gasteiger partial charge in [0.25, 0.3) is 5.91 Å². The minimum atomic E-state index is -2.11. The maximum Gasteiger partial charge on any atom is 0.337 e. The Balaban J connectivity index is 1.94. The van der Waals surface area contributed by atoms with E-state index in [2.05, 4.69) is 10.6 Å². The van der Waals surface area contributed by atoms with Gasteiger partial charge in [-0.15, -0.1) is 0 Å². The van der Waals surface area contributed by atoms with Crippen molar-refractivity contribution >= 4 is 23.8 Å². The number of hydrogen-bond donors (Lipinski definition) is 4. The van der Waals surface area contributed by atoms with Crippen LogP contribution >= 0.6 is 0 Å². The number of urea groups is 1. The van der Waals surface area contributed by atoms with E-state index in [1.807, 2.05) is 0 Å². The predicted molar refractivity (Wildman–Crippen MR) is 77.3 cm³/mol. The fourth-order valence-corrected chi connectivity index (χ4v) is 2.86. The van der Waals surface area contributed by atoms with E-state index in [1.54, 1.807) is 0 Å². The van der Waals surface area contributed by atoms with Gasteiger partial charge in [-0.25, -0.2) is 9.59 Å². The van der Waals surface area contributed by atoms with Gasteiger partial charge in [-0.05, 0) is 19.8 Å². The average Bonchev–Trinajstić information content (AvgIpc) is 2.70. The quantitative estimate of drug-likeness (QED) is 0.488. The number of carboxylic acids is 1. The molecule has 0 aromatic carbocycles. The standard InChI is InChI=1S/C14H21N3O6/c1-13(23,11(20)21)8-15-9(18)7-17-10(19)14(16-12(17)22)5-3-2-4-6-14/h23H,2-8H2,1H3,(H,15,18)(H,16,22)(H,20,21). The molecule has 1 unspecified atom stereocenters. The summed E-state index contributed by atoms with van der Waals surface area (Å²) >= 11 is 0. The summed E-state index contributed by atoms with van der Waals surface area (Å²) in [6.45, 7) is 0.0262. The Hall–Kier alpha value is -2.16. The van der Waals surface area contributed by atoms with Gasteiger partial charge >= 0.3 is 12.0 Å². The highest BCUT2D eigenvalue weighted by molar-refractivity contribution is 6.09. The Morgan fingerprint density at radius 3 is 2.48 bits per heavy atom. The lowest BCUT2D eigenvalue weighted by Gasteiger charge is -2.30. The highest BCUT2D eigenvalue weighted by Gasteiger charge is 2.51. The van der Waals surface area contributed by atoms with Crippen LogP contribution in [-0.2, 0) is 14.4 Å². The number of rotatable bonds is 5. The molecule has 0 bridgehead atoms. The van der Waals surface area contributed by atoms with Crippen molar-refractivity contribution in [3.05, 3.63) is 0 Å². The molecule has 1 heterocycles. The third-order valence-corrected chi connectivity index (χ3v) is 4.35. The number of hydrogen-bond acceptors (Lipinski definition) is 5. The molecule has 1 aliphatic heterocycles. The van der Waals surface area contributed by atoms with Gasteiger partial charge in [0, 0.05) is 0 Å². The van der Waals surface area contributed by atoms with E-state index in [9.17, 15) is 24.3 Å². The summed E-state index contributed by atoms with van der Waals surface area (Å²) in [7, 11) is 0. The lowest BCUT2D eigenvalue weighted by Crippen LogP contribution is -2.50. The maximum atomic E-state index is 12.5. The monoisotopic (exact) mass is 327 g/mol. The third-order valence-electron chi connectivity index (χ3n) is 4.35. The van der Waals surface area contributed by atoms with Gasteiger partial charge in [-0.1, -0.05) is 19.3 Å². The summed E-state index contributed by atoms with van der Waals surface area (Å²) in [5.41, 5.74) is -3.01. The van der Waals surface area contributed by atoms with Crippen molar-refractivity contribution in [3.8, 4) is 0 Å². The Kier molecular flexibility index (Phi) is 4.60. The first-order chi connectivity index (χ1) is 10.7. The molecule has 1 saturated heterocycles. The van der Waals surface area contributed by atoms with Crippen LogP contribution < -0.4 is 10.6 Å². The number of nitrogens with zero attached hydrogens (tertiary/aromatic N) is 1. The molecule has 0 aromatic rings. The molecule has 2 aliphatic rings. The van der Waals surface area contributed by atoms with Crippen molar-refractivity contribution in [2.24, 2.45) is 0 Å². The topological polar surface area (TPSA) is 136 Å². The zero-order chi connectivity index (χ0) is 17.3. The van der Waals surface area contributed by atoms with E-state index in [1.165, 1.54) is 0 Å². The number of aliphatic carboxylic acids is 1. The predicted octanol–water partition coefficient (Wildman–Crippen LogP) is -0.807.